The number of hydrogen-bond acceptors (Lipinski definition) is 4. The van der Waals surface area contributed by atoms with Crippen LogP contribution in [-0.4, -0.2) is 24.6 Å². The van der Waals surface area contributed by atoms with Crippen LogP contribution >= 0.6 is 0 Å². The van der Waals surface area contributed by atoms with Crippen LogP contribution in [0.3, 0.4) is 0 Å². The number of alkyl halides is 3. The molecule has 8 heteroatoms. The van der Waals surface area contributed by atoms with Crippen LogP contribution in [-0.2, 0) is 0 Å². The Hall–Kier alpha value is -3.34. The Kier molecular flexibility index (Phi) is 3.93. The van der Waals surface area contributed by atoms with E-state index in [0.29, 0.717) is 0 Å². The van der Waals surface area contributed by atoms with Crippen LogP contribution in [0.2, 0.25) is 0 Å². The van der Waals surface area contributed by atoms with Crippen LogP contribution < -0.4 is 9.64 Å². The van der Waals surface area contributed by atoms with Crippen LogP contribution in [0.15, 0.2) is 42.5 Å². The molecule has 25 heavy (non-hydrogen) atoms. The summed E-state index contributed by atoms with van der Waals surface area (Å²) in [5, 5.41) is 9.12. The molecule has 0 bridgehead atoms. The molecule has 0 fully saturated rings. The van der Waals surface area contributed by atoms with Crippen LogP contribution in [0.25, 0.3) is 0 Å². The minimum Gasteiger partial charge on any atom is -0.483 e. The fourth-order valence-corrected chi connectivity index (χ4v) is 2.45. The summed E-state index contributed by atoms with van der Waals surface area (Å²) in [6.45, 7) is -1.55. The molecule has 0 aliphatic carbocycles. The van der Waals surface area contributed by atoms with E-state index in [4.69, 9.17) is 5.26 Å². The molecule has 0 aromatic heterocycles. The van der Waals surface area contributed by atoms with Crippen molar-refractivity contribution >= 4 is 17.5 Å². The second kappa shape index (κ2) is 5.94. The molecule has 0 N–H and O–H groups in total. The van der Waals surface area contributed by atoms with Gasteiger partial charge < -0.3 is 4.74 Å². The van der Waals surface area contributed by atoms with E-state index in [2.05, 4.69) is 4.74 Å². The lowest BCUT2D eigenvalue weighted by Crippen LogP contribution is -2.29. The van der Waals surface area contributed by atoms with Crippen molar-refractivity contribution in [3.63, 3.8) is 0 Å². The lowest BCUT2D eigenvalue weighted by molar-refractivity contribution is -0.153. The maximum Gasteiger partial charge on any atom is 0.422 e. The van der Waals surface area contributed by atoms with Crippen molar-refractivity contribution in [3.8, 4) is 11.8 Å². The zero-order chi connectivity index (χ0) is 18.2. The van der Waals surface area contributed by atoms with Gasteiger partial charge in [0, 0.05) is 0 Å². The van der Waals surface area contributed by atoms with Gasteiger partial charge in [-0.1, -0.05) is 12.1 Å². The van der Waals surface area contributed by atoms with Crippen LogP contribution in [0.1, 0.15) is 26.3 Å². The Balaban J connectivity index is 1.94. The molecule has 0 radical (unpaired) electrons. The average Bonchev–Trinajstić information content (AvgIpc) is 2.84. The topological polar surface area (TPSA) is 70.4 Å². The number of rotatable bonds is 3. The van der Waals surface area contributed by atoms with Gasteiger partial charge in [-0.15, -0.1) is 0 Å². The van der Waals surface area contributed by atoms with Crippen molar-refractivity contribution in [2.75, 3.05) is 11.5 Å². The Labute approximate surface area is 139 Å². The van der Waals surface area contributed by atoms with E-state index in [1.165, 1.54) is 18.2 Å². The fourth-order valence-electron chi connectivity index (χ4n) is 2.45. The maximum atomic E-state index is 12.4. The molecule has 1 aliphatic heterocycles. The van der Waals surface area contributed by atoms with E-state index in [-0.39, 0.29) is 28.1 Å². The molecule has 0 unspecified atom stereocenters. The van der Waals surface area contributed by atoms with Gasteiger partial charge in [0.05, 0.1) is 22.4 Å². The molecule has 1 heterocycles. The Morgan fingerprint density at radius 1 is 1.04 bits per heavy atom. The first-order valence-corrected chi connectivity index (χ1v) is 7.03. The normalized spacial score (nSPS) is 13.6. The number of anilines is 1. The van der Waals surface area contributed by atoms with E-state index in [9.17, 15) is 22.8 Å². The van der Waals surface area contributed by atoms with Crippen molar-refractivity contribution < 1.29 is 27.5 Å². The van der Waals surface area contributed by atoms with Gasteiger partial charge in [-0.05, 0) is 30.3 Å². The minimum absolute atomic E-state index is 0.0853. The average molecular weight is 346 g/mol. The highest BCUT2D eigenvalue weighted by Crippen LogP contribution is 2.32. The molecule has 5 nitrogen and oxygen atoms in total. The number of nitriles is 1. The number of carbonyl (C=O) groups excluding carboxylic acids is 2. The smallest absolute Gasteiger partial charge is 0.422 e. The van der Waals surface area contributed by atoms with Gasteiger partial charge in [0.1, 0.15) is 11.8 Å². The van der Waals surface area contributed by atoms with E-state index in [1.807, 2.05) is 0 Å². The lowest BCUT2D eigenvalue weighted by Gasteiger charge is -2.16. The largest absolute Gasteiger partial charge is 0.483 e. The summed E-state index contributed by atoms with van der Waals surface area (Å²) in [6, 6.07) is 11.5. The molecule has 2 aromatic rings. The van der Waals surface area contributed by atoms with Crippen LogP contribution in [0.5, 0.6) is 5.75 Å². The second-order valence-electron chi connectivity index (χ2n) is 5.19. The maximum absolute atomic E-state index is 12.4. The first-order valence-electron chi connectivity index (χ1n) is 7.03. The third-order valence-electron chi connectivity index (χ3n) is 3.53. The van der Waals surface area contributed by atoms with E-state index in [1.54, 1.807) is 18.2 Å². The number of halogens is 3. The van der Waals surface area contributed by atoms with Gasteiger partial charge in [-0.3, -0.25) is 9.59 Å². The molecule has 0 spiro atoms. The summed E-state index contributed by atoms with van der Waals surface area (Å²) in [5.74, 6) is -1.40. The molecule has 126 valence electrons. The van der Waals surface area contributed by atoms with Gasteiger partial charge in [0.25, 0.3) is 11.8 Å². The number of benzene rings is 2. The third kappa shape index (κ3) is 3.04. The molecule has 0 atom stereocenters. The van der Waals surface area contributed by atoms with Crippen LogP contribution in [0, 0.1) is 11.3 Å². The van der Waals surface area contributed by atoms with Crippen molar-refractivity contribution in [1.82, 2.24) is 0 Å². The fraction of sp³-hybridized carbons (Fsp3) is 0.118. The molecule has 0 saturated heterocycles. The van der Waals surface area contributed by atoms with Gasteiger partial charge in [0.2, 0.25) is 0 Å². The summed E-state index contributed by atoms with van der Waals surface area (Å²) in [5.41, 5.74) is 0.326. The van der Waals surface area contributed by atoms with E-state index >= 15 is 0 Å². The first-order chi connectivity index (χ1) is 11.8. The van der Waals surface area contributed by atoms with Gasteiger partial charge in [0.15, 0.2) is 6.61 Å². The van der Waals surface area contributed by atoms with E-state index < -0.39 is 24.6 Å². The quantitative estimate of drug-likeness (QED) is 0.800. The standard InChI is InChI=1S/C17H9F3N2O3/c18-17(19,20)9-25-14-6-5-11(7-10(14)8-21)22-15(23)12-3-1-2-4-13(12)16(22)24/h1-7H,9H2. The van der Waals surface area contributed by atoms with Crippen molar-refractivity contribution in [3.05, 3.63) is 59.2 Å². The molecule has 0 saturated carbocycles. The summed E-state index contributed by atoms with van der Waals surface area (Å²) < 4.78 is 41.3. The van der Waals surface area contributed by atoms with Gasteiger partial charge in [-0.2, -0.15) is 18.4 Å². The number of ether oxygens (including phenoxy) is 1. The van der Waals surface area contributed by atoms with E-state index in [0.717, 1.165) is 17.0 Å². The SMILES string of the molecule is N#Cc1cc(N2C(=O)c3ccccc3C2=O)ccc1OCC(F)(F)F. The summed E-state index contributed by atoms with van der Waals surface area (Å²) in [6.07, 6.45) is -4.55. The minimum atomic E-state index is -4.55. The number of nitrogens with zero attached hydrogens (tertiary/aromatic N) is 2. The predicted molar refractivity (Wildman–Crippen MR) is 80.3 cm³/mol. The zero-order valence-corrected chi connectivity index (χ0v) is 12.5. The Morgan fingerprint density at radius 3 is 2.16 bits per heavy atom. The molecule has 3 rings (SSSR count). The molecule has 2 aromatic carbocycles. The Morgan fingerprint density at radius 2 is 1.64 bits per heavy atom. The van der Waals surface area contributed by atoms with Gasteiger partial charge in [-0.25, -0.2) is 4.90 Å². The summed E-state index contributed by atoms with van der Waals surface area (Å²) >= 11 is 0. The number of carbonyl (C=O) groups is 2. The van der Waals surface area contributed by atoms with Crippen LogP contribution in [0.4, 0.5) is 18.9 Å². The monoisotopic (exact) mass is 346 g/mol. The highest BCUT2D eigenvalue weighted by Gasteiger charge is 2.36. The highest BCUT2D eigenvalue weighted by atomic mass is 19.4. The molecular formula is C17H9F3N2O3. The van der Waals surface area contributed by atoms with Crippen molar-refractivity contribution in [2.24, 2.45) is 0 Å². The number of fused-ring (bicyclic) bond motifs is 1. The van der Waals surface area contributed by atoms with Crippen molar-refractivity contribution in [2.45, 2.75) is 6.18 Å². The molecule has 1 aliphatic rings. The molecule has 2 amide bonds. The predicted octanol–water partition coefficient (Wildman–Crippen LogP) is 3.30. The summed E-state index contributed by atoms with van der Waals surface area (Å²) in [7, 11) is 0. The number of imide groups is 1. The third-order valence-corrected chi connectivity index (χ3v) is 3.53. The number of hydrogen-bond donors (Lipinski definition) is 0. The van der Waals surface area contributed by atoms with Gasteiger partial charge >= 0.3 is 6.18 Å². The van der Waals surface area contributed by atoms with Crippen molar-refractivity contribution in [1.29, 1.82) is 5.26 Å². The Bertz CT molecular complexity index is 881. The molecular weight excluding hydrogens is 337 g/mol. The second-order valence-corrected chi connectivity index (χ2v) is 5.19. The summed E-state index contributed by atoms with van der Waals surface area (Å²) in [4.78, 5) is 25.7. The lowest BCUT2D eigenvalue weighted by atomic mass is 10.1. The number of amides is 2. The zero-order valence-electron chi connectivity index (χ0n) is 12.5. The first kappa shape index (κ1) is 16.5. The highest BCUT2D eigenvalue weighted by molar-refractivity contribution is 6.34.